The number of fused-ring (bicyclic) bond motifs is 1. The van der Waals surface area contributed by atoms with E-state index in [9.17, 15) is 4.79 Å². The predicted molar refractivity (Wildman–Crippen MR) is 90.9 cm³/mol. The van der Waals surface area contributed by atoms with E-state index in [1.807, 2.05) is 19.9 Å². The van der Waals surface area contributed by atoms with Crippen molar-refractivity contribution in [2.75, 3.05) is 6.54 Å². The van der Waals surface area contributed by atoms with Gasteiger partial charge < -0.3 is 4.98 Å². The van der Waals surface area contributed by atoms with Crippen LogP contribution in [0.1, 0.15) is 42.4 Å². The summed E-state index contributed by atoms with van der Waals surface area (Å²) >= 11 is 3.60. The molecule has 116 valence electrons. The highest BCUT2D eigenvalue weighted by Crippen LogP contribution is 2.22. The second-order valence-corrected chi connectivity index (χ2v) is 6.94. The molecule has 0 amide bonds. The molecule has 3 rings (SSSR count). The van der Waals surface area contributed by atoms with Crippen molar-refractivity contribution in [3.8, 4) is 0 Å². The Balaban J connectivity index is 1.84. The summed E-state index contributed by atoms with van der Waals surface area (Å²) in [4.78, 5) is 22.1. The molecule has 1 aliphatic heterocycles. The molecule has 0 saturated heterocycles. The van der Waals surface area contributed by atoms with Gasteiger partial charge in [-0.05, 0) is 18.1 Å². The molecule has 1 aromatic carbocycles. The number of hydrogen-bond acceptors (Lipinski definition) is 3. The Morgan fingerprint density at radius 2 is 2.14 bits per heavy atom. The Bertz CT molecular complexity index is 739. The monoisotopic (exact) mass is 361 g/mol. The number of nitrogens with zero attached hydrogens (tertiary/aromatic N) is 2. The minimum atomic E-state index is 0.0363. The van der Waals surface area contributed by atoms with Gasteiger partial charge in [-0.25, -0.2) is 4.98 Å². The maximum absolute atomic E-state index is 12.2. The molecule has 2 aromatic rings. The van der Waals surface area contributed by atoms with Gasteiger partial charge in [0.05, 0.1) is 5.69 Å². The van der Waals surface area contributed by atoms with Crippen LogP contribution in [0.4, 0.5) is 0 Å². The van der Waals surface area contributed by atoms with Crippen LogP contribution in [0.3, 0.4) is 0 Å². The Hall–Kier alpha value is -1.46. The van der Waals surface area contributed by atoms with Crippen LogP contribution in [0.5, 0.6) is 0 Å². The van der Waals surface area contributed by atoms with Crippen LogP contribution in [0.2, 0.25) is 0 Å². The maximum atomic E-state index is 12.2. The number of rotatable bonds is 3. The van der Waals surface area contributed by atoms with Crippen molar-refractivity contribution < 1.29 is 0 Å². The third-order valence-electron chi connectivity index (χ3n) is 4.07. The maximum Gasteiger partial charge on any atom is 0.254 e. The first kappa shape index (κ1) is 15.4. The minimum Gasteiger partial charge on any atom is -0.310 e. The van der Waals surface area contributed by atoms with Gasteiger partial charge in [0, 0.05) is 35.6 Å². The smallest absolute Gasteiger partial charge is 0.254 e. The molecule has 1 aromatic heterocycles. The molecule has 0 spiro atoms. The van der Waals surface area contributed by atoms with E-state index in [-0.39, 0.29) is 11.5 Å². The number of aromatic nitrogens is 2. The van der Waals surface area contributed by atoms with Gasteiger partial charge in [0.25, 0.3) is 5.56 Å². The van der Waals surface area contributed by atoms with Gasteiger partial charge in [0.15, 0.2) is 0 Å². The Kier molecular flexibility index (Phi) is 4.45. The van der Waals surface area contributed by atoms with Crippen molar-refractivity contribution in [3.05, 3.63) is 61.7 Å². The fraction of sp³-hybridized carbons (Fsp3) is 0.412. The van der Waals surface area contributed by atoms with E-state index in [1.165, 1.54) is 5.56 Å². The first-order valence-electron chi connectivity index (χ1n) is 7.62. The normalized spacial score (nSPS) is 15.1. The number of nitrogens with one attached hydrogen (secondary N) is 1. The molecule has 2 heterocycles. The molecule has 0 bridgehead atoms. The molecular weight excluding hydrogens is 342 g/mol. The third-order valence-corrected chi connectivity index (χ3v) is 4.84. The summed E-state index contributed by atoms with van der Waals surface area (Å²) in [5.41, 5.74) is 3.09. The molecule has 5 heteroatoms. The molecule has 22 heavy (non-hydrogen) atoms. The highest BCUT2D eigenvalue weighted by molar-refractivity contribution is 9.10. The van der Waals surface area contributed by atoms with Gasteiger partial charge >= 0.3 is 0 Å². The zero-order valence-corrected chi connectivity index (χ0v) is 14.5. The molecular formula is C17H20BrN3O. The number of halogens is 1. The van der Waals surface area contributed by atoms with E-state index in [1.54, 1.807) is 0 Å². The van der Waals surface area contributed by atoms with E-state index in [0.717, 1.165) is 47.6 Å². The molecule has 1 aliphatic rings. The highest BCUT2D eigenvalue weighted by Gasteiger charge is 2.22. The number of H-pyrrole nitrogens is 1. The van der Waals surface area contributed by atoms with Crippen molar-refractivity contribution in [2.24, 2.45) is 0 Å². The van der Waals surface area contributed by atoms with E-state index in [0.29, 0.717) is 0 Å². The number of hydrogen-bond donors (Lipinski definition) is 1. The summed E-state index contributed by atoms with van der Waals surface area (Å²) in [5, 5.41) is 0. The van der Waals surface area contributed by atoms with Crippen LogP contribution >= 0.6 is 15.9 Å². The minimum absolute atomic E-state index is 0.0363. The molecule has 0 unspecified atom stereocenters. The van der Waals surface area contributed by atoms with Crippen LogP contribution in [0.15, 0.2) is 33.5 Å². The second-order valence-electron chi connectivity index (χ2n) is 6.08. The lowest BCUT2D eigenvalue weighted by atomic mass is 10.0. The Morgan fingerprint density at radius 1 is 1.36 bits per heavy atom. The fourth-order valence-electron chi connectivity index (χ4n) is 2.79. The molecule has 0 fully saturated rings. The van der Waals surface area contributed by atoms with E-state index >= 15 is 0 Å². The molecule has 0 radical (unpaired) electrons. The predicted octanol–water partition coefficient (Wildman–Crippen LogP) is 3.21. The lowest BCUT2D eigenvalue weighted by Gasteiger charge is -2.28. The van der Waals surface area contributed by atoms with Gasteiger partial charge in [0.2, 0.25) is 0 Å². The van der Waals surface area contributed by atoms with Crippen LogP contribution in [0, 0.1) is 0 Å². The van der Waals surface area contributed by atoms with Crippen molar-refractivity contribution in [3.63, 3.8) is 0 Å². The van der Waals surface area contributed by atoms with Gasteiger partial charge in [-0.3, -0.25) is 9.69 Å². The SMILES string of the molecule is CC(C)c1nc2c(c(=O)[nH]1)CCN(Cc1ccccc1Br)C2. The average Bonchev–Trinajstić information content (AvgIpc) is 2.49. The molecule has 4 nitrogen and oxygen atoms in total. The van der Waals surface area contributed by atoms with Gasteiger partial charge in [-0.2, -0.15) is 0 Å². The van der Waals surface area contributed by atoms with Crippen LogP contribution in [0.25, 0.3) is 0 Å². The largest absolute Gasteiger partial charge is 0.310 e. The lowest BCUT2D eigenvalue weighted by Crippen LogP contribution is -2.35. The summed E-state index contributed by atoms with van der Waals surface area (Å²) in [6, 6.07) is 8.27. The van der Waals surface area contributed by atoms with Gasteiger partial charge in [-0.1, -0.05) is 48.0 Å². The molecule has 1 N–H and O–H groups in total. The lowest BCUT2D eigenvalue weighted by molar-refractivity contribution is 0.239. The topological polar surface area (TPSA) is 49.0 Å². The van der Waals surface area contributed by atoms with Crippen molar-refractivity contribution in [1.82, 2.24) is 14.9 Å². The standard InChI is InChI=1S/C17H20BrN3O/c1-11(2)16-19-15-10-21(8-7-13(15)17(22)20-16)9-12-5-3-4-6-14(12)18/h3-6,11H,7-10H2,1-2H3,(H,19,20,22). The van der Waals surface area contributed by atoms with Gasteiger partial charge in [0.1, 0.15) is 5.82 Å². The highest BCUT2D eigenvalue weighted by atomic mass is 79.9. The quantitative estimate of drug-likeness (QED) is 0.912. The summed E-state index contributed by atoms with van der Waals surface area (Å²) in [6.07, 6.45) is 0.764. The molecule has 0 aliphatic carbocycles. The van der Waals surface area contributed by atoms with E-state index in [2.05, 4.69) is 49.0 Å². The summed E-state index contributed by atoms with van der Waals surface area (Å²) in [5.74, 6) is 1.02. The summed E-state index contributed by atoms with van der Waals surface area (Å²) < 4.78 is 1.13. The molecule has 0 saturated carbocycles. The van der Waals surface area contributed by atoms with E-state index < -0.39 is 0 Å². The Labute approximate surface area is 138 Å². The first-order valence-corrected chi connectivity index (χ1v) is 8.41. The molecule has 0 atom stereocenters. The van der Waals surface area contributed by atoms with Crippen molar-refractivity contribution in [2.45, 2.75) is 39.3 Å². The van der Waals surface area contributed by atoms with Gasteiger partial charge in [-0.15, -0.1) is 0 Å². The Morgan fingerprint density at radius 3 is 2.86 bits per heavy atom. The number of benzene rings is 1. The number of aromatic amines is 1. The van der Waals surface area contributed by atoms with Crippen molar-refractivity contribution in [1.29, 1.82) is 0 Å². The fourth-order valence-corrected chi connectivity index (χ4v) is 3.20. The average molecular weight is 362 g/mol. The first-order chi connectivity index (χ1) is 10.5. The summed E-state index contributed by atoms with van der Waals surface area (Å²) in [7, 11) is 0. The second kappa shape index (κ2) is 6.34. The zero-order chi connectivity index (χ0) is 15.7. The summed E-state index contributed by atoms with van der Waals surface area (Å²) in [6.45, 7) is 6.59. The van der Waals surface area contributed by atoms with Crippen molar-refractivity contribution >= 4 is 15.9 Å². The van der Waals surface area contributed by atoms with Crippen LogP contribution in [-0.2, 0) is 19.5 Å². The zero-order valence-electron chi connectivity index (χ0n) is 12.9. The van der Waals surface area contributed by atoms with E-state index in [4.69, 9.17) is 0 Å². The third kappa shape index (κ3) is 3.15. The van der Waals surface area contributed by atoms with Crippen LogP contribution < -0.4 is 5.56 Å². The van der Waals surface area contributed by atoms with Crippen LogP contribution in [-0.4, -0.2) is 21.4 Å².